The Labute approximate surface area is 129 Å². The van der Waals surface area contributed by atoms with Gasteiger partial charge in [-0.15, -0.1) is 0 Å². The molecule has 6 heteroatoms. The van der Waals surface area contributed by atoms with E-state index in [0.717, 1.165) is 0 Å². The maximum Gasteiger partial charge on any atom is 0.344 e. The minimum Gasteiger partial charge on any atom is -0.482 e. The number of para-hydroxylation sites is 1. The van der Waals surface area contributed by atoms with Crippen LogP contribution in [-0.4, -0.2) is 22.7 Å². The van der Waals surface area contributed by atoms with Gasteiger partial charge in [0.25, 0.3) is 5.89 Å². The van der Waals surface area contributed by atoms with Crippen LogP contribution in [0, 0.1) is 0 Å². The standard InChI is InChI=1S/C16H20N2O4/c1-11(14-17-15(18-22-14)16(2,3)4)21-13(19)10-20-12-8-6-5-7-9-12/h5-9,11H,10H2,1-4H3. The van der Waals surface area contributed by atoms with Crippen molar-refractivity contribution in [2.75, 3.05) is 6.61 Å². The van der Waals surface area contributed by atoms with Gasteiger partial charge in [-0.3, -0.25) is 0 Å². The van der Waals surface area contributed by atoms with Crippen molar-refractivity contribution in [1.29, 1.82) is 0 Å². The van der Waals surface area contributed by atoms with Crippen LogP contribution in [0.4, 0.5) is 0 Å². The highest BCUT2D eigenvalue weighted by Gasteiger charge is 2.24. The van der Waals surface area contributed by atoms with E-state index in [1.54, 1.807) is 19.1 Å². The first-order valence-electron chi connectivity index (χ1n) is 7.07. The quantitative estimate of drug-likeness (QED) is 0.790. The van der Waals surface area contributed by atoms with E-state index in [1.165, 1.54) is 0 Å². The average molecular weight is 304 g/mol. The summed E-state index contributed by atoms with van der Waals surface area (Å²) in [6.07, 6.45) is -0.615. The maximum atomic E-state index is 11.8. The van der Waals surface area contributed by atoms with Gasteiger partial charge in [0.05, 0.1) is 0 Å². The first kappa shape index (κ1) is 16.0. The summed E-state index contributed by atoms with van der Waals surface area (Å²) in [5, 5.41) is 3.90. The Kier molecular flexibility index (Phi) is 4.80. The van der Waals surface area contributed by atoms with Gasteiger partial charge in [-0.05, 0) is 19.1 Å². The lowest BCUT2D eigenvalue weighted by atomic mass is 9.96. The first-order chi connectivity index (χ1) is 10.4. The van der Waals surface area contributed by atoms with Crippen LogP contribution >= 0.6 is 0 Å². The third kappa shape index (κ3) is 4.31. The highest BCUT2D eigenvalue weighted by atomic mass is 16.6. The van der Waals surface area contributed by atoms with Crippen LogP contribution in [0.15, 0.2) is 34.9 Å². The van der Waals surface area contributed by atoms with Crippen LogP contribution in [0.5, 0.6) is 5.75 Å². The van der Waals surface area contributed by atoms with Crippen LogP contribution in [0.3, 0.4) is 0 Å². The molecular formula is C16H20N2O4. The predicted octanol–water partition coefficient (Wildman–Crippen LogP) is 3.05. The number of ether oxygens (including phenoxy) is 2. The SMILES string of the molecule is CC(OC(=O)COc1ccccc1)c1nc(C(C)(C)C)no1. The fraction of sp³-hybridized carbons (Fsp3) is 0.438. The van der Waals surface area contributed by atoms with E-state index in [-0.39, 0.29) is 17.9 Å². The molecule has 1 atom stereocenters. The largest absolute Gasteiger partial charge is 0.482 e. The molecule has 0 N–H and O–H groups in total. The molecule has 0 saturated heterocycles. The number of hydrogen-bond acceptors (Lipinski definition) is 6. The van der Waals surface area contributed by atoms with Gasteiger partial charge < -0.3 is 14.0 Å². The summed E-state index contributed by atoms with van der Waals surface area (Å²) >= 11 is 0. The molecule has 0 aliphatic rings. The molecule has 1 unspecified atom stereocenters. The molecular weight excluding hydrogens is 284 g/mol. The zero-order valence-corrected chi connectivity index (χ0v) is 13.2. The van der Waals surface area contributed by atoms with E-state index in [1.807, 2.05) is 39.0 Å². The van der Waals surface area contributed by atoms with E-state index in [2.05, 4.69) is 10.1 Å². The van der Waals surface area contributed by atoms with Gasteiger partial charge in [-0.2, -0.15) is 4.98 Å². The number of nitrogens with zero attached hydrogens (tertiary/aromatic N) is 2. The second-order valence-corrected chi connectivity index (χ2v) is 5.94. The summed E-state index contributed by atoms with van der Waals surface area (Å²) in [5.74, 6) is 0.968. The summed E-state index contributed by atoms with van der Waals surface area (Å²) in [6.45, 7) is 7.44. The minimum absolute atomic E-state index is 0.172. The van der Waals surface area contributed by atoms with Crippen molar-refractivity contribution in [3.63, 3.8) is 0 Å². The lowest BCUT2D eigenvalue weighted by molar-refractivity contribution is -0.152. The van der Waals surface area contributed by atoms with Crippen molar-refractivity contribution >= 4 is 5.97 Å². The first-order valence-corrected chi connectivity index (χ1v) is 7.07. The second-order valence-electron chi connectivity index (χ2n) is 5.94. The number of hydrogen-bond donors (Lipinski definition) is 0. The third-order valence-corrected chi connectivity index (χ3v) is 2.87. The molecule has 0 radical (unpaired) electrons. The van der Waals surface area contributed by atoms with E-state index >= 15 is 0 Å². The van der Waals surface area contributed by atoms with Crippen molar-refractivity contribution in [2.45, 2.75) is 39.2 Å². The van der Waals surface area contributed by atoms with Crippen molar-refractivity contribution in [3.8, 4) is 5.75 Å². The van der Waals surface area contributed by atoms with Gasteiger partial charge in [0.15, 0.2) is 18.5 Å². The van der Waals surface area contributed by atoms with E-state index in [4.69, 9.17) is 14.0 Å². The Morgan fingerprint density at radius 3 is 2.55 bits per heavy atom. The van der Waals surface area contributed by atoms with Crippen LogP contribution < -0.4 is 4.74 Å². The van der Waals surface area contributed by atoms with E-state index < -0.39 is 12.1 Å². The van der Waals surface area contributed by atoms with Crippen molar-refractivity contribution in [2.24, 2.45) is 0 Å². The summed E-state index contributed by atoms with van der Waals surface area (Å²) in [7, 11) is 0. The maximum absolute atomic E-state index is 11.8. The number of aromatic nitrogens is 2. The highest BCUT2D eigenvalue weighted by molar-refractivity contribution is 5.71. The predicted molar refractivity (Wildman–Crippen MR) is 79.4 cm³/mol. The molecule has 0 amide bonds. The number of rotatable bonds is 5. The molecule has 1 aromatic heterocycles. The number of carbonyl (C=O) groups is 1. The Bertz CT molecular complexity index is 617. The molecule has 0 bridgehead atoms. The summed E-state index contributed by atoms with van der Waals surface area (Å²) < 4.78 is 15.7. The molecule has 6 nitrogen and oxygen atoms in total. The monoisotopic (exact) mass is 304 g/mol. The molecule has 1 aromatic carbocycles. The van der Waals surface area contributed by atoms with Gasteiger partial charge in [0.2, 0.25) is 0 Å². The lowest BCUT2D eigenvalue weighted by Gasteiger charge is -2.12. The van der Waals surface area contributed by atoms with Gasteiger partial charge >= 0.3 is 5.97 Å². The number of carbonyl (C=O) groups excluding carboxylic acids is 1. The van der Waals surface area contributed by atoms with Gasteiger partial charge in [-0.25, -0.2) is 4.79 Å². The Morgan fingerprint density at radius 2 is 1.95 bits per heavy atom. The normalized spacial score (nSPS) is 12.7. The number of esters is 1. The Morgan fingerprint density at radius 1 is 1.27 bits per heavy atom. The summed E-state index contributed by atoms with van der Waals surface area (Å²) in [4.78, 5) is 16.0. The van der Waals surface area contributed by atoms with Crippen molar-refractivity contribution in [3.05, 3.63) is 42.0 Å². The van der Waals surface area contributed by atoms with Gasteiger partial charge in [-0.1, -0.05) is 44.1 Å². The average Bonchev–Trinajstić information content (AvgIpc) is 2.96. The Balaban J connectivity index is 1.87. The van der Waals surface area contributed by atoms with Crippen molar-refractivity contribution < 1.29 is 18.8 Å². The zero-order chi connectivity index (χ0) is 16.2. The van der Waals surface area contributed by atoms with Crippen LogP contribution in [-0.2, 0) is 14.9 Å². The lowest BCUT2D eigenvalue weighted by Crippen LogP contribution is -2.17. The van der Waals surface area contributed by atoms with Crippen molar-refractivity contribution in [1.82, 2.24) is 10.1 Å². The third-order valence-electron chi connectivity index (χ3n) is 2.87. The molecule has 0 fully saturated rings. The molecule has 2 aromatic rings. The number of benzene rings is 1. The minimum atomic E-state index is -0.615. The summed E-state index contributed by atoms with van der Waals surface area (Å²) in [6, 6.07) is 9.07. The Hall–Kier alpha value is -2.37. The molecule has 2 rings (SSSR count). The summed E-state index contributed by atoms with van der Waals surface area (Å²) in [5.41, 5.74) is -0.220. The van der Waals surface area contributed by atoms with Crippen LogP contribution in [0.25, 0.3) is 0 Å². The highest BCUT2D eigenvalue weighted by Crippen LogP contribution is 2.22. The van der Waals surface area contributed by atoms with E-state index in [0.29, 0.717) is 11.6 Å². The molecule has 22 heavy (non-hydrogen) atoms. The molecule has 1 heterocycles. The molecule has 0 aliphatic heterocycles. The topological polar surface area (TPSA) is 74.5 Å². The fourth-order valence-corrected chi connectivity index (χ4v) is 1.65. The van der Waals surface area contributed by atoms with Gasteiger partial charge in [0.1, 0.15) is 5.75 Å². The smallest absolute Gasteiger partial charge is 0.344 e. The molecule has 0 saturated carbocycles. The second kappa shape index (κ2) is 6.60. The molecule has 0 spiro atoms. The van der Waals surface area contributed by atoms with Crippen LogP contribution in [0.2, 0.25) is 0 Å². The fourth-order valence-electron chi connectivity index (χ4n) is 1.65. The molecule has 118 valence electrons. The van der Waals surface area contributed by atoms with Gasteiger partial charge in [0, 0.05) is 5.41 Å². The van der Waals surface area contributed by atoms with E-state index in [9.17, 15) is 4.79 Å². The van der Waals surface area contributed by atoms with Crippen LogP contribution in [0.1, 0.15) is 45.5 Å². The zero-order valence-electron chi connectivity index (χ0n) is 13.2. The molecule has 0 aliphatic carbocycles.